The van der Waals surface area contributed by atoms with Gasteiger partial charge in [-0.3, -0.25) is 0 Å². The number of nitrogens with one attached hydrogen (secondary N) is 3. The average Bonchev–Trinajstić information content (AvgIpc) is 2.42. The third-order valence-electron chi connectivity index (χ3n) is 2.30. The Kier molecular flexibility index (Phi) is 6.26. The van der Waals surface area contributed by atoms with Gasteiger partial charge in [0.1, 0.15) is 0 Å². The number of urea groups is 2. The number of amides is 4. The highest BCUT2D eigenvalue weighted by molar-refractivity contribution is 5.89. The SMILES string of the molecule is NC(=O)NCCNC(=O)Nc1ccc(/C=C/C(=O)O)cc1. The molecule has 0 spiro atoms. The first kappa shape index (κ1) is 16.0. The Morgan fingerprint density at radius 2 is 1.71 bits per heavy atom. The number of anilines is 1. The summed E-state index contributed by atoms with van der Waals surface area (Å²) in [7, 11) is 0. The second kappa shape index (κ2) is 8.20. The predicted octanol–water partition coefficient (Wildman–Crippen LogP) is 0.574. The van der Waals surface area contributed by atoms with Crippen LogP contribution in [0.15, 0.2) is 30.3 Å². The largest absolute Gasteiger partial charge is 0.478 e. The van der Waals surface area contributed by atoms with Gasteiger partial charge in [-0.1, -0.05) is 12.1 Å². The number of carboxylic acids is 1. The van der Waals surface area contributed by atoms with Gasteiger partial charge in [0.25, 0.3) is 0 Å². The van der Waals surface area contributed by atoms with Crippen molar-refractivity contribution >= 4 is 29.8 Å². The molecule has 0 radical (unpaired) electrons. The molecule has 0 aliphatic carbocycles. The number of hydrogen-bond donors (Lipinski definition) is 5. The fourth-order valence-corrected chi connectivity index (χ4v) is 1.38. The highest BCUT2D eigenvalue weighted by Gasteiger charge is 2.01. The summed E-state index contributed by atoms with van der Waals surface area (Å²) in [6.45, 7) is 0.482. The molecule has 0 aliphatic heterocycles. The van der Waals surface area contributed by atoms with E-state index in [1.807, 2.05) is 0 Å². The Labute approximate surface area is 121 Å². The van der Waals surface area contributed by atoms with E-state index in [0.29, 0.717) is 11.3 Å². The Morgan fingerprint density at radius 1 is 1.10 bits per heavy atom. The van der Waals surface area contributed by atoms with Gasteiger partial charge in [0.15, 0.2) is 0 Å². The zero-order valence-electron chi connectivity index (χ0n) is 11.1. The van der Waals surface area contributed by atoms with Crippen molar-refractivity contribution in [1.29, 1.82) is 0 Å². The van der Waals surface area contributed by atoms with Crippen LogP contribution in [0, 0.1) is 0 Å². The second-order valence-electron chi connectivity index (χ2n) is 3.97. The van der Waals surface area contributed by atoms with Gasteiger partial charge in [0.05, 0.1) is 0 Å². The molecule has 0 heterocycles. The molecule has 8 nitrogen and oxygen atoms in total. The van der Waals surface area contributed by atoms with Crippen molar-refractivity contribution in [3.05, 3.63) is 35.9 Å². The molecule has 0 saturated carbocycles. The lowest BCUT2D eigenvalue weighted by Crippen LogP contribution is -2.38. The van der Waals surface area contributed by atoms with Crippen LogP contribution in [0.25, 0.3) is 6.08 Å². The summed E-state index contributed by atoms with van der Waals surface area (Å²) in [5, 5.41) is 16.0. The molecular formula is C13H16N4O4. The minimum atomic E-state index is -1.03. The summed E-state index contributed by atoms with van der Waals surface area (Å²) in [5.41, 5.74) is 6.13. The first-order chi connectivity index (χ1) is 9.97. The molecule has 0 fully saturated rings. The van der Waals surface area contributed by atoms with Crippen LogP contribution in [0.4, 0.5) is 15.3 Å². The van der Waals surface area contributed by atoms with Crippen molar-refractivity contribution in [2.75, 3.05) is 18.4 Å². The van der Waals surface area contributed by atoms with Gasteiger partial charge in [-0.15, -0.1) is 0 Å². The van der Waals surface area contributed by atoms with Gasteiger partial charge >= 0.3 is 18.0 Å². The monoisotopic (exact) mass is 292 g/mol. The van der Waals surface area contributed by atoms with Crippen molar-refractivity contribution < 1.29 is 19.5 Å². The molecule has 0 aliphatic rings. The quantitative estimate of drug-likeness (QED) is 0.387. The first-order valence-corrected chi connectivity index (χ1v) is 6.06. The summed E-state index contributed by atoms with van der Waals surface area (Å²) in [6.07, 6.45) is 2.47. The summed E-state index contributed by atoms with van der Waals surface area (Å²) in [6, 6.07) is 5.55. The lowest BCUT2D eigenvalue weighted by atomic mass is 10.2. The van der Waals surface area contributed by atoms with Gasteiger partial charge in [-0.2, -0.15) is 0 Å². The fraction of sp³-hybridized carbons (Fsp3) is 0.154. The smallest absolute Gasteiger partial charge is 0.328 e. The number of carbonyl (C=O) groups excluding carboxylic acids is 2. The van der Waals surface area contributed by atoms with E-state index in [4.69, 9.17) is 10.8 Å². The van der Waals surface area contributed by atoms with Crippen molar-refractivity contribution in [3.8, 4) is 0 Å². The van der Waals surface area contributed by atoms with Crippen molar-refractivity contribution in [2.24, 2.45) is 5.73 Å². The van der Waals surface area contributed by atoms with Crippen LogP contribution in [0.2, 0.25) is 0 Å². The molecule has 1 aromatic carbocycles. The molecule has 8 heteroatoms. The van der Waals surface area contributed by atoms with Gasteiger partial charge in [0, 0.05) is 24.9 Å². The van der Waals surface area contributed by atoms with Gasteiger partial charge in [0.2, 0.25) is 0 Å². The molecule has 0 bridgehead atoms. The minimum absolute atomic E-state index is 0.238. The van der Waals surface area contributed by atoms with E-state index < -0.39 is 18.0 Å². The van der Waals surface area contributed by atoms with E-state index in [1.165, 1.54) is 6.08 Å². The molecule has 6 N–H and O–H groups in total. The topological polar surface area (TPSA) is 134 Å². The number of primary amides is 1. The van der Waals surface area contributed by atoms with Crippen LogP contribution in [0.5, 0.6) is 0 Å². The molecule has 21 heavy (non-hydrogen) atoms. The van der Waals surface area contributed by atoms with Crippen LogP contribution in [0.1, 0.15) is 5.56 Å². The fourth-order valence-electron chi connectivity index (χ4n) is 1.38. The number of benzene rings is 1. The summed E-state index contributed by atoms with van der Waals surface area (Å²) >= 11 is 0. The number of rotatable bonds is 6. The van der Waals surface area contributed by atoms with Crippen LogP contribution in [0.3, 0.4) is 0 Å². The van der Waals surface area contributed by atoms with E-state index in [0.717, 1.165) is 6.08 Å². The molecule has 0 aromatic heterocycles. The Bertz CT molecular complexity index is 540. The molecule has 0 saturated heterocycles. The highest BCUT2D eigenvalue weighted by atomic mass is 16.4. The molecule has 0 unspecified atom stereocenters. The zero-order chi connectivity index (χ0) is 15.7. The van der Waals surface area contributed by atoms with Crippen molar-refractivity contribution in [1.82, 2.24) is 10.6 Å². The van der Waals surface area contributed by atoms with Crippen LogP contribution < -0.4 is 21.7 Å². The van der Waals surface area contributed by atoms with Crippen LogP contribution in [-0.2, 0) is 4.79 Å². The maximum Gasteiger partial charge on any atom is 0.328 e. The Hall–Kier alpha value is -3.03. The summed E-state index contributed by atoms with van der Waals surface area (Å²) in [5.74, 6) is -1.03. The number of hydrogen-bond acceptors (Lipinski definition) is 3. The van der Waals surface area contributed by atoms with Crippen LogP contribution >= 0.6 is 0 Å². The summed E-state index contributed by atoms with van der Waals surface area (Å²) in [4.78, 5) is 32.3. The maximum atomic E-state index is 11.5. The maximum absolute atomic E-state index is 11.5. The molecular weight excluding hydrogens is 276 g/mol. The van der Waals surface area contributed by atoms with Gasteiger partial charge in [-0.05, 0) is 23.8 Å². The second-order valence-corrected chi connectivity index (χ2v) is 3.97. The van der Waals surface area contributed by atoms with Crippen molar-refractivity contribution in [2.45, 2.75) is 0 Å². The van der Waals surface area contributed by atoms with E-state index in [1.54, 1.807) is 24.3 Å². The number of aliphatic carboxylic acids is 1. The van der Waals surface area contributed by atoms with E-state index in [2.05, 4.69) is 16.0 Å². The van der Waals surface area contributed by atoms with Crippen molar-refractivity contribution in [3.63, 3.8) is 0 Å². The number of carbonyl (C=O) groups is 3. The Morgan fingerprint density at radius 3 is 2.29 bits per heavy atom. The molecule has 112 valence electrons. The van der Waals surface area contributed by atoms with Gasteiger partial charge in [-0.25, -0.2) is 14.4 Å². The van der Waals surface area contributed by atoms with E-state index in [9.17, 15) is 14.4 Å². The highest BCUT2D eigenvalue weighted by Crippen LogP contribution is 2.10. The molecule has 0 atom stereocenters. The van der Waals surface area contributed by atoms with Crippen LogP contribution in [-0.4, -0.2) is 36.2 Å². The third kappa shape index (κ3) is 7.21. The van der Waals surface area contributed by atoms with E-state index in [-0.39, 0.29) is 13.1 Å². The standard InChI is InChI=1S/C13H16N4O4/c14-12(20)15-7-8-16-13(21)17-10-4-1-9(2-5-10)3-6-11(18)19/h1-6H,7-8H2,(H,18,19)(H3,14,15,20)(H2,16,17,21)/b6-3+. The zero-order valence-corrected chi connectivity index (χ0v) is 11.1. The summed E-state index contributed by atoms with van der Waals surface area (Å²) < 4.78 is 0. The molecule has 1 rings (SSSR count). The average molecular weight is 292 g/mol. The van der Waals surface area contributed by atoms with E-state index >= 15 is 0 Å². The minimum Gasteiger partial charge on any atom is -0.478 e. The number of nitrogens with two attached hydrogens (primary N) is 1. The predicted molar refractivity (Wildman–Crippen MR) is 77.7 cm³/mol. The molecule has 4 amide bonds. The normalized spacial score (nSPS) is 10.1. The molecule has 1 aromatic rings. The number of carboxylic acid groups (broad SMARTS) is 1. The third-order valence-corrected chi connectivity index (χ3v) is 2.30. The lowest BCUT2D eigenvalue weighted by molar-refractivity contribution is -0.131. The van der Waals surface area contributed by atoms with Gasteiger partial charge < -0.3 is 26.8 Å². The lowest BCUT2D eigenvalue weighted by Gasteiger charge is -2.08. The Balaban J connectivity index is 2.39. The first-order valence-electron chi connectivity index (χ1n) is 6.06.